The van der Waals surface area contributed by atoms with Crippen molar-refractivity contribution in [3.8, 4) is 0 Å². The highest BCUT2D eigenvalue weighted by atomic mass is 35.5. The van der Waals surface area contributed by atoms with Gasteiger partial charge in [-0.15, -0.1) is 0 Å². The number of carbonyl (C=O) groups is 3. The molecule has 3 amide bonds. The van der Waals surface area contributed by atoms with E-state index in [0.29, 0.717) is 30.8 Å². The Bertz CT molecular complexity index is 1120. The van der Waals surface area contributed by atoms with Crippen molar-refractivity contribution in [2.45, 2.75) is 70.6 Å². The molecular formula is C30H40ClN3O5. The molecule has 0 radical (unpaired) electrons. The molecule has 4 N–H and O–H groups in total. The summed E-state index contributed by atoms with van der Waals surface area (Å²) in [5.74, 6) is -0.660. The number of aliphatic hydroxyl groups is 1. The molecule has 2 aromatic rings. The molecule has 1 saturated heterocycles. The standard InChI is InChI=1S/C30H40ClN3O5/c1-19(2)15-25(28(37)33-24(18-35)16-21-13-14-32-27(21)36)34-29(38)39-26(20-9-6-5-7-10-20)30(3,4)22-11-8-12-23(31)17-22/h5-12,17,19,21,24-26,35H,13-16,18H2,1-4H3,(H,32,36)(H,33,37)(H,34,38). The Balaban J connectivity index is 1.77. The van der Waals surface area contributed by atoms with Crippen LogP contribution in [0, 0.1) is 11.8 Å². The summed E-state index contributed by atoms with van der Waals surface area (Å²) in [5, 5.41) is 18.8. The Morgan fingerprint density at radius 1 is 1.13 bits per heavy atom. The number of hydrogen-bond acceptors (Lipinski definition) is 5. The SMILES string of the molecule is CC(C)CC(NC(=O)OC(c1ccccc1)C(C)(C)c1cccc(Cl)c1)C(=O)NC(CO)CC1CCNC1=O. The first-order valence-corrected chi connectivity index (χ1v) is 13.9. The number of halogens is 1. The number of aliphatic hydroxyl groups excluding tert-OH is 1. The number of alkyl carbamates (subject to hydrolysis) is 1. The van der Waals surface area contributed by atoms with Crippen molar-refractivity contribution in [2.75, 3.05) is 13.2 Å². The van der Waals surface area contributed by atoms with E-state index in [-0.39, 0.29) is 24.3 Å². The number of nitrogens with one attached hydrogen (secondary N) is 3. The van der Waals surface area contributed by atoms with E-state index in [4.69, 9.17) is 16.3 Å². The molecule has 1 aliphatic heterocycles. The lowest BCUT2D eigenvalue weighted by atomic mass is 9.76. The molecule has 1 heterocycles. The van der Waals surface area contributed by atoms with E-state index >= 15 is 0 Å². The van der Waals surface area contributed by atoms with Crippen molar-refractivity contribution in [1.82, 2.24) is 16.0 Å². The van der Waals surface area contributed by atoms with E-state index < -0.39 is 35.6 Å². The predicted octanol–water partition coefficient (Wildman–Crippen LogP) is 4.50. The maximum Gasteiger partial charge on any atom is 0.408 e. The minimum Gasteiger partial charge on any atom is -0.440 e. The number of rotatable bonds is 12. The molecule has 0 spiro atoms. The highest BCUT2D eigenvalue weighted by Gasteiger charge is 2.37. The highest BCUT2D eigenvalue weighted by Crippen LogP contribution is 2.40. The molecule has 0 aliphatic carbocycles. The minimum absolute atomic E-state index is 0.0718. The number of hydrogen-bond donors (Lipinski definition) is 4. The Kier molecular flexibility index (Phi) is 10.8. The maximum atomic E-state index is 13.3. The van der Waals surface area contributed by atoms with Gasteiger partial charge < -0.3 is 25.8 Å². The summed E-state index contributed by atoms with van der Waals surface area (Å²) >= 11 is 6.27. The summed E-state index contributed by atoms with van der Waals surface area (Å²) in [7, 11) is 0. The van der Waals surface area contributed by atoms with Gasteiger partial charge in [0.15, 0.2) is 0 Å². The number of benzene rings is 2. The van der Waals surface area contributed by atoms with Crippen LogP contribution in [0.2, 0.25) is 5.02 Å². The molecule has 4 atom stereocenters. The van der Waals surface area contributed by atoms with Gasteiger partial charge in [0.2, 0.25) is 11.8 Å². The molecule has 212 valence electrons. The lowest BCUT2D eigenvalue weighted by Gasteiger charge is -2.35. The number of ether oxygens (including phenoxy) is 1. The summed E-state index contributed by atoms with van der Waals surface area (Å²) in [6, 6.07) is 15.4. The van der Waals surface area contributed by atoms with Crippen LogP contribution in [0.25, 0.3) is 0 Å². The fraction of sp³-hybridized carbons (Fsp3) is 0.500. The van der Waals surface area contributed by atoms with Gasteiger partial charge in [-0.05, 0) is 48.4 Å². The number of carbonyl (C=O) groups excluding carboxylic acids is 3. The topological polar surface area (TPSA) is 117 Å². The summed E-state index contributed by atoms with van der Waals surface area (Å²) in [4.78, 5) is 38.5. The molecule has 1 fully saturated rings. The fourth-order valence-electron chi connectivity index (χ4n) is 4.98. The first-order chi connectivity index (χ1) is 18.5. The quantitative estimate of drug-likeness (QED) is 0.306. The third-order valence-corrected chi connectivity index (χ3v) is 7.40. The van der Waals surface area contributed by atoms with Gasteiger partial charge in [0, 0.05) is 22.9 Å². The predicted molar refractivity (Wildman–Crippen MR) is 151 cm³/mol. The molecule has 8 nitrogen and oxygen atoms in total. The molecule has 3 rings (SSSR count). The Morgan fingerprint density at radius 3 is 2.44 bits per heavy atom. The maximum absolute atomic E-state index is 13.3. The van der Waals surface area contributed by atoms with Crippen molar-refractivity contribution in [1.29, 1.82) is 0 Å². The normalized spacial score (nSPS) is 17.7. The van der Waals surface area contributed by atoms with E-state index in [2.05, 4.69) is 16.0 Å². The largest absolute Gasteiger partial charge is 0.440 e. The zero-order valence-corrected chi connectivity index (χ0v) is 23.8. The van der Waals surface area contributed by atoms with Crippen molar-refractivity contribution in [2.24, 2.45) is 11.8 Å². The summed E-state index contributed by atoms with van der Waals surface area (Å²) in [6.45, 7) is 8.15. The average molecular weight is 558 g/mol. The van der Waals surface area contributed by atoms with Crippen LogP contribution in [0.15, 0.2) is 54.6 Å². The van der Waals surface area contributed by atoms with Crippen LogP contribution in [0.3, 0.4) is 0 Å². The number of amides is 3. The summed E-state index contributed by atoms with van der Waals surface area (Å²) < 4.78 is 6.04. The lowest BCUT2D eigenvalue weighted by molar-refractivity contribution is -0.126. The Morgan fingerprint density at radius 2 is 1.85 bits per heavy atom. The molecule has 2 aromatic carbocycles. The second kappa shape index (κ2) is 13.8. The second-order valence-corrected chi connectivity index (χ2v) is 11.6. The van der Waals surface area contributed by atoms with Crippen LogP contribution < -0.4 is 16.0 Å². The van der Waals surface area contributed by atoms with Gasteiger partial charge >= 0.3 is 6.09 Å². The molecule has 0 bridgehead atoms. The van der Waals surface area contributed by atoms with Crippen molar-refractivity contribution >= 4 is 29.5 Å². The van der Waals surface area contributed by atoms with Crippen LogP contribution in [0.4, 0.5) is 4.79 Å². The minimum atomic E-state index is -0.880. The molecular weight excluding hydrogens is 518 g/mol. The van der Waals surface area contributed by atoms with Gasteiger partial charge in [-0.25, -0.2) is 4.79 Å². The van der Waals surface area contributed by atoms with Crippen LogP contribution in [0.5, 0.6) is 0 Å². The molecule has 1 aliphatic rings. The van der Waals surface area contributed by atoms with Gasteiger partial charge in [-0.1, -0.05) is 81.8 Å². The summed E-state index contributed by atoms with van der Waals surface area (Å²) in [5.41, 5.74) is 1.05. The lowest BCUT2D eigenvalue weighted by Crippen LogP contribution is -2.52. The molecule has 39 heavy (non-hydrogen) atoms. The Hall–Kier alpha value is -3.10. The van der Waals surface area contributed by atoms with Gasteiger partial charge in [-0.2, -0.15) is 0 Å². The van der Waals surface area contributed by atoms with Gasteiger partial charge in [0.25, 0.3) is 0 Å². The van der Waals surface area contributed by atoms with E-state index in [1.54, 1.807) is 6.07 Å². The van der Waals surface area contributed by atoms with Crippen LogP contribution >= 0.6 is 11.6 Å². The van der Waals surface area contributed by atoms with E-state index in [1.807, 2.05) is 76.2 Å². The average Bonchev–Trinajstić information content (AvgIpc) is 3.30. The van der Waals surface area contributed by atoms with Crippen molar-refractivity contribution in [3.05, 3.63) is 70.7 Å². The zero-order chi connectivity index (χ0) is 28.6. The third-order valence-electron chi connectivity index (χ3n) is 7.17. The monoisotopic (exact) mass is 557 g/mol. The third kappa shape index (κ3) is 8.44. The van der Waals surface area contributed by atoms with Crippen LogP contribution in [-0.4, -0.2) is 48.2 Å². The zero-order valence-electron chi connectivity index (χ0n) is 23.1. The highest BCUT2D eigenvalue weighted by molar-refractivity contribution is 6.30. The van der Waals surface area contributed by atoms with E-state index in [9.17, 15) is 19.5 Å². The van der Waals surface area contributed by atoms with Crippen molar-refractivity contribution in [3.63, 3.8) is 0 Å². The van der Waals surface area contributed by atoms with E-state index in [0.717, 1.165) is 11.1 Å². The van der Waals surface area contributed by atoms with Gasteiger partial charge in [0.05, 0.1) is 12.6 Å². The first kappa shape index (κ1) is 30.4. The smallest absolute Gasteiger partial charge is 0.408 e. The van der Waals surface area contributed by atoms with Crippen LogP contribution in [-0.2, 0) is 19.7 Å². The molecule has 0 saturated carbocycles. The molecule has 9 heteroatoms. The Labute approximate surface area is 235 Å². The van der Waals surface area contributed by atoms with E-state index in [1.165, 1.54) is 0 Å². The van der Waals surface area contributed by atoms with Gasteiger partial charge in [-0.3, -0.25) is 9.59 Å². The van der Waals surface area contributed by atoms with Crippen molar-refractivity contribution < 1.29 is 24.2 Å². The molecule has 0 aromatic heterocycles. The van der Waals surface area contributed by atoms with Crippen LogP contribution in [0.1, 0.15) is 64.2 Å². The molecule has 4 unspecified atom stereocenters. The first-order valence-electron chi connectivity index (χ1n) is 13.5. The van der Waals surface area contributed by atoms with Gasteiger partial charge in [0.1, 0.15) is 12.1 Å². The summed E-state index contributed by atoms with van der Waals surface area (Å²) in [6.07, 6.45) is -0.0383. The second-order valence-electron chi connectivity index (χ2n) is 11.2. The fourth-order valence-corrected chi connectivity index (χ4v) is 5.17.